The van der Waals surface area contributed by atoms with Crippen molar-refractivity contribution in [3.05, 3.63) is 96.1 Å². The largest absolute Gasteiger partial charge is 0.444 e. The van der Waals surface area contributed by atoms with Crippen LogP contribution in [0.1, 0.15) is 52.2 Å². The number of ether oxygens (including phenoxy) is 1. The van der Waals surface area contributed by atoms with Crippen LogP contribution in [0.4, 0.5) is 4.79 Å². The molecule has 9 heteroatoms. The zero-order valence-electron chi connectivity index (χ0n) is 27.7. The highest BCUT2D eigenvalue weighted by Crippen LogP contribution is 2.21. The van der Waals surface area contributed by atoms with Crippen LogP contribution in [0.5, 0.6) is 0 Å². The molecule has 1 fully saturated rings. The van der Waals surface area contributed by atoms with Gasteiger partial charge in [-0.3, -0.25) is 14.4 Å². The number of amides is 4. The summed E-state index contributed by atoms with van der Waals surface area (Å²) in [6, 6.07) is 22.1. The number of hydrogen-bond acceptors (Lipinski definition) is 5. The van der Waals surface area contributed by atoms with Gasteiger partial charge in [-0.2, -0.15) is 0 Å². The highest BCUT2D eigenvalue weighted by Gasteiger charge is 2.38. The smallest absolute Gasteiger partial charge is 0.408 e. The molecule has 3 aromatic rings. The summed E-state index contributed by atoms with van der Waals surface area (Å²) in [6.07, 6.45) is 3.61. The number of piperazine rings is 1. The Labute approximate surface area is 272 Å². The molecule has 9 nitrogen and oxygen atoms in total. The number of hydrogen-bond donors (Lipinski definition) is 2. The first-order chi connectivity index (χ1) is 21.7. The average molecular weight is 627 g/mol. The highest BCUT2D eigenvalue weighted by atomic mass is 16.6. The van der Waals surface area contributed by atoms with Crippen LogP contribution in [0.3, 0.4) is 0 Å². The molecular weight excluding hydrogens is 580 g/mol. The monoisotopic (exact) mass is 626 g/mol. The minimum atomic E-state index is -0.851. The SMILES string of the molecule is CN(C(=O)C=CCC(C)(C)NC(=O)OC(C)(C)C)C(Cc1ccc2ccccc2c1)C(=O)N1CCNC(=O)[C@H]1Cc1ccccc1. The maximum Gasteiger partial charge on any atom is 0.408 e. The van der Waals surface area contributed by atoms with E-state index in [1.165, 1.54) is 11.0 Å². The molecule has 0 radical (unpaired) electrons. The second kappa shape index (κ2) is 14.6. The molecule has 244 valence electrons. The maximum absolute atomic E-state index is 14.4. The number of carbonyl (C=O) groups excluding carboxylic acids is 4. The Hall–Kier alpha value is -4.66. The second-order valence-electron chi connectivity index (χ2n) is 13.5. The van der Waals surface area contributed by atoms with E-state index in [0.717, 1.165) is 21.9 Å². The molecular formula is C37H46N4O5. The third-order valence-electron chi connectivity index (χ3n) is 7.96. The van der Waals surface area contributed by atoms with Gasteiger partial charge in [-0.05, 0) is 69.0 Å². The molecule has 1 aliphatic heterocycles. The van der Waals surface area contributed by atoms with Crippen LogP contribution in [-0.4, -0.2) is 77.0 Å². The average Bonchev–Trinajstić information content (AvgIpc) is 2.99. The molecule has 2 N–H and O–H groups in total. The van der Waals surface area contributed by atoms with E-state index in [9.17, 15) is 19.2 Å². The molecule has 1 heterocycles. The predicted molar refractivity (Wildman–Crippen MR) is 180 cm³/mol. The number of benzene rings is 3. The summed E-state index contributed by atoms with van der Waals surface area (Å²) in [5, 5.41) is 7.87. The van der Waals surface area contributed by atoms with Crippen molar-refractivity contribution in [2.24, 2.45) is 0 Å². The molecule has 4 rings (SSSR count). The zero-order chi connectivity index (χ0) is 33.5. The maximum atomic E-state index is 14.4. The molecule has 4 amide bonds. The quantitative estimate of drug-likeness (QED) is 0.307. The fourth-order valence-corrected chi connectivity index (χ4v) is 5.55. The molecule has 0 aromatic heterocycles. The summed E-state index contributed by atoms with van der Waals surface area (Å²) in [5.41, 5.74) is 0.549. The lowest BCUT2D eigenvalue weighted by Gasteiger charge is -2.39. The molecule has 1 aliphatic rings. The van der Waals surface area contributed by atoms with Gasteiger partial charge in [-0.25, -0.2) is 4.79 Å². The lowest BCUT2D eigenvalue weighted by atomic mass is 9.97. The first kappa shape index (κ1) is 34.2. The van der Waals surface area contributed by atoms with Crippen molar-refractivity contribution in [1.29, 1.82) is 0 Å². The Morgan fingerprint density at radius 1 is 0.978 bits per heavy atom. The normalized spacial score (nSPS) is 16.2. The first-order valence-electron chi connectivity index (χ1n) is 15.8. The third-order valence-corrected chi connectivity index (χ3v) is 7.96. The Morgan fingerprint density at radius 2 is 1.65 bits per heavy atom. The number of fused-ring (bicyclic) bond motifs is 1. The van der Waals surface area contributed by atoms with Crippen LogP contribution in [0, 0.1) is 0 Å². The second-order valence-corrected chi connectivity index (χ2v) is 13.5. The van der Waals surface area contributed by atoms with Crippen molar-refractivity contribution in [2.45, 2.75) is 77.1 Å². The number of rotatable bonds is 10. The van der Waals surface area contributed by atoms with Gasteiger partial charge in [0.05, 0.1) is 0 Å². The van der Waals surface area contributed by atoms with E-state index in [2.05, 4.69) is 10.6 Å². The molecule has 0 aliphatic carbocycles. The summed E-state index contributed by atoms with van der Waals surface area (Å²) in [7, 11) is 1.62. The summed E-state index contributed by atoms with van der Waals surface area (Å²) in [4.78, 5) is 56.5. The van der Waals surface area contributed by atoms with Gasteiger partial charge in [0.1, 0.15) is 17.7 Å². The van der Waals surface area contributed by atoms with Crippen molar-refractivity contribution >= 4 is 34.6 Å². The summed E-state index contributed by atoms with van der Waals surface area (Å²) >= 11 is 0. The van der Waals surface area contributed by atoms with Crippen LogP contribution in [0.25, 0.3) is 10.8 Å². The lowest BCUT2D eigenvalue weighted by Crippen LogP contribution is -2.62. The van der Waals surface area contributed by atoms with E-state index in [1.807, 2.05) is 86.6 Å². The van der Waals surface area contributed by atoms with Crippen molar-refractivity contribution in [3.63, 3.8) is 0 Å². The van der Waals surface area contributed by atoms with Crippen LogP contribution < -0.4 is 10.6 Å². The standard InChI is InChI=1S/C37H46N4O5/c1-36(2,3)46-35(45)39-37(4,5)20-12-17-32(42)40(6)31(25-27-18-19-28-15-10-11-16-29(28)23-27)34(44)41-22-21-38-33(43)30(41)24-26-13-8-7-9-14-26/h7-19,23,30-31H,20-22,24-25H2,1-6H3,(H,38,43)(H,39,45)/t30-,31?/m1/s1. The van der Waals surface area contributed by atoms with Gasteiger partial charge in [0.25, 0.3) is 0 Å². The first-order valence-corrected chi connectivity index (χ1v) is 15.8. The Morgan fingerprint density at radius 3 is 2.35 bits per heavy atom. The van der Waals surface area contributed by atoms with Crippen molar-refractivity contribution in [1.82, 2.24) is 20.4 Å². The fraction of sp³-hybridized carbons (Fsp3) is 0.405. The van der Waals surface area contributed by atoms with Crippen LogP contribution in [-0.2, 0) is 32.0 Å². The van der Waals surface area contributed by atoms with Crippen LogP contribution >= 0.6 is 0 Å². The van der Waals surface area contributed by atoms with Gasteiger partial charge in [0.15, 0.2) is 0 Å². The third kappa shape index (κ3) is 9.42. The van der Waals surface area contributed by atoms with E-state index in [-0.39, 0.29) is 24.1 Å². The fourth-order valence-electron chi connectivity index (χ4n) is 5.55. The molecule has 1 saturated heterocycles. The van der Waals surface area contributed by atoms with Gasteiger partial charge in [0.2, 0.25) is 17.7 Å². The van der Waals surface area contributed by atoms with E-state index >= 15 is 0 Å². The van der Waals surface area contributed by atoms with Crippen molar-refractivity contribution < 1.29 is 23.9 Å². The summed E-state index contributed by atoms with van der Waals surface area (Å²) < 4.78 is 5.37. The van der Waals surface area contributed by atoms with E-state index < -0.39 is 29.3 Å². The molecule has 46 heavy (non-hydrogen) atoms. The van der Waals surface area contributed by atoms with Gasteiger partial charge < -0.3 is 25.2 Å². The lowest BCUT2D eigenvalue weighted by molar-refractivity contribution is -0.149. The summed E-state index contributed by atoms with van der Waals surface area (Å²) in [5.74, 6) is -0.838. The molecule has 3 aromatic carbocycles. The molecule has 0 spiro atoms. The van der Waals surface area contributed by atoms with E-state index in [1.54, 1.807) is 38.8 Å². The number of likely N-dealkylation sites (N-methyl/N-ethyl adjacent to an activating group) is 1. The van der Waals surface area contributed by atoms with Gasteiger partial charge in [0, 0.05) is 38.5 Å². The van der Waals surface area contributed by atoms with Crippen LogP contribution in [0.15, 0.2) is 84.9 Å². The van der Waals surface area contributed by atoms with Gasteiger partial charge in [-0.1, -0.05) is 78.9 Å². The number of alkyl carbamates (subject to hydrolysis) is 1. The van der Waals surface area contributed by atoms with E-state index in [0.29, 0.717) is 25.9 Å². The highest BCUT2D eigenvalue weighted by molar-refractivity contribution is 5.95. The predicted octanol–water partition coefficient (Wildman–Crippen LogP) is 5.03. The van der Waals surface area contributed by atoms with Crippen LogP contribution in [0.2, 0.25) is 0 Å². The molecule has 1 unspecified atom stereocenters. The topological polar surface area (TPSA) is 108 Å². The number of nitrogens with one attached hydrogen (secondary N) is 2. The minimum absolute atomic E-state index is 0.207. The van der Waals surface area contributed by atoms with Crippen molar-refractivity contribution in [3.8, 4) is 0 Å². The zero-order valence-corrected chi connectivity index (χ0v) is 27.7. The number of carbonyl (C=O) groups is 4. The Bertz CT molecular complexity index is 1580. The summed E-state index contributed by atoms with van der Waals surface area (Å²) in [6.45, 7) is 9.76. The molecule has 0 bridgehead atoms. The Balaban J connectivity index is 1.56. The van der Waals surface area contributed by atoms with Crippen molar-refractivity contribution in [2.75, 3.05) is 20.1 Å². The molecule has 0 saturated carbocycles. The minimum Gasteiger partial charge on any atom is -0.444 e. The molecule has 2 atom stereocenters. The number of nitrogens with zero attached hydrogens (tertiary/aromatic N) is 2. The Kier molecular flexibility index (Phi) is 10.9. The van der Waals surface area contributed by atoms with Gasteiger partial charge in [-0.15, -0.1) is 0 Å². The van der Waals surface area contributed by atoms with E-state index in [4.69, 9.17) is 4.74 Å². The van der Waals surface area contributed by atoms with Gasteiger partial charge >= 0.3 is 6.09 Å².